The lowest BCUT2D eigenvalue weighted by Gasteiger charge is -2.37. The highest BCUT2D eigenvalue weighted by Crippen LogP contribution is 2.40. The van der Waals surface area contributed by atoms with Gasteiger partial charge in [-0.25, -0.2) is 22.0 Å². The molecular weight excluding hydrogens is 613 g/mol. The molecule has 1 saturated heterocycles. The Bertz CT molecular complexity index is 1450. The Balaban J connectivity index is 1.16. The van der Waals surface area contributed by atoms with Crippen molar-refractivity contribution in [2.24, 2.45) is 11.8 Å². The van der Waals surface area contributed by atoms with Crippen LogP contribution in [0.4, 0.5) is 30.7 Å². The van der Waals surface area contributed by atoms with Crippen molar-refractivity contribution in [1.29, 1.82) is 0 Å². The van der Waals surface area contributed by atoms with E-state index >= 15 is 0 Å². The number of halogens is 7. The zero-order valence-electron chi connectivity index (χ0n) is 25.5. The first kappa shape index (κ1) is 34.0. The molecule has 1 aliphatic heterocycles. The van der Waals surface area contributed by atoms with Crippen LogP contribution in [0.25, 0.3) is 17.2 Å². The predicted octanol–water partition coefficient (Wildman–Crippen LogP) is 10.6. The normalized spacial score (nSPS) is 22.3. The fourth-order valence-corrected chi connectivity index (χ4v) is 6.23. The molecule has 0 radical (unpaired) electrons. The van der Waals surface area contributed by atoms with Gasteiger partial charge in [-0.15, -0.1) is 0 Å². The van der Waals surface area contributed by atoms with Crippen LogP contribution < -0.4 is 4.74 Å². The lowest BCUT2D eigenvalue weighted by molar-refractivity contribution is -0.229. The van der Waals surface area contributed by atoms with Crippen molar-refractivity contribution < 1.29 is 44.9 Å². The largest absolute Gasteiger partial charge is 0.429 e. The summed E-state index contributed by atoms with van der Waals surface area (Å²) in [6.07, 6.45) is 4.90. The van der Waals surface area contributed by atoms with E-state index in [-0.39, 0.29) is 30.1 Å². The Morgan fingerprint density at radius 3 is 1.98 bits per heavy atom. The average Bonchev–Trinajstić information content (AvgIpc) is 3.03. The fraction of sp³-hybridized carbons (Fsp3) is 0.444. The minimum atomic E-state index is -4.21. The molecular formula is C36H37F7O3. The van der Waals surface area contributed by atoms with Crippen LogP contribution in [0.2, 0.25) is 0 Å². The zero-order valence-corrected chi connectivity index (χ0v) is 25.5. The molecule has 2 aliphatic rings. The molecule has 5 rings (SSSR count). The third-order valence-electron chi connectivity index (χ3n) is 8.81. The van der Waals surface area contributed by atoms with Crippen molar-refractivity contribution in [3.63, 3.8) is 0 Å². The van der Waals surface area contributed by atoms with E-state index < -0.39 is 46.5 Å². The van der Waals surface area contributed by atoms with Gasteiger partial charge in [0.1, 0.15) is 17.4 Å². The van der Waals surface area contributed by atoms with Crippen molar-refractivity contribution in [3.8, 4) is 16.9 Å². The standard InChI is InChI=1S/C36H37F7O3/c1-2-3-4-5-22-20-44-35(45-21-22)26-12-10-24(11-13-26)23-6-8-25(9-7-23)27-16-30(37)29(31(38)17-27)14-15-36(42,43)46-28-18-32(39)34(41)33(40)19-28/h6-9,14-19,22,24,26,35H,2-5,10-13,20-21H2,1H3. The fourth-order valence-electron chi connectivity index (χ4n) is 6.23. The molecule has 1 aliphatic carbocycles. The molecule has 0 N–H and O–H groups in total. The molecule has 0 spiro atoms. The highest BCUT2D eigenvalue weighted by molar-refractivity contribution is 5.67. The highest BCUT2D eigenvalue weighted by Gasteiger charge is 2.33. The topological polar surface area (TPSA) is 27.7 Å². The molecule has 2 fully saturated rings. The van der Waals surface area contributed by atoms with E-state index in [2.05, 4.69) is 11.7 Å². The number of unbranched alkanes of at least 4 members (excludes halogenated alkanes) is 2. The second kappa shape index (κ2) is 15.0. The monoisotopic (exact) mass is 650 g/mol. The maximum absolute atomic E-state index is 14.9. The van der Waals surface area contributed by atoms with E-state index in [1.165, 1.54) is 19.3 Å². The second-order valence-electron chi connectivity index (χ2n) is 12.2. The van der Waals surface area contributed by atoms with Gasteiger partial charge in [0.05, 0.1) is 13.2 Å². The van der Waals surface area contributed by atoms with Crippen LogP contribution in [0, 0.1) is 40.9 Å². The van der Waals surface area contributed by atoms with Crippen LogP contribution in [0.5, 0.6) is 5.75 Å². The predicted molar refractivity (Wildman–Crippen MR) is 161 cm³/mol. The van der Waals surface area contributed by atoms with Gasteiger partial charge in [-0.1, -0.05) is 50.5 Å². The number of benzene rings is 3. The van der Waals surface area contributed by atoms with Gasteiger partial charge in [0.15, 0.2) is 23.7 Å². The molecule has 1 saturated carbocycles. The molecule has 0 bridgehead atoms. The maximum Gasteiger partial charge on any atom is 0.419 e. The first-order valence-corrected chi connectivity index (χ1v) is 15.8. The van der Waals surface area contributed by atoms with E-state index in [1.807, 2.05) is 12.1 Å². The van der Waals surface area contributed by atoms with Crippen LogP contribution >= 0.6 is 0 Å². The molecule has 0 amide bonds. The SMILES string of the molecule is CCCCCC1COC(C2CCC(c3ccc(-c4cc(F)c(C=CC(F)(F)Oc5cc(F)c(F)c(F)c5)c(F)c4)cc3)CC2)OC1. The van der Waals surface area contributed by atoms with Crippen LogP contribution in [0.1, 0.15) is 75.3 Å². The van der Waals surface area contributed by atoms with Gasteiger partial charge in [-0.05, 0) is 72.9 Å². The van der Waals surface area contributed by atoms with Gasteiger partial charge in [0, 0.05) is 35.6 Å². The first-order chi connectivity index (χ1) is 22.0. The average molecular weight is 651 g/mol. The second-order valence-corrected chi connectivity index (χ2v) is 12.2. The molecule has 3 aromatic carbocycles. The van der Waals surface area contributed by atoms with E-state index in [1.54, 1.807) is 12.1 Å². The summed E-state index contributed by atoms with van der Waals surface area (Å²) < 4.78 is 114. The van der Waals surface area contributed by atoms with Gasteiger partial charge in [-0.3, -0.25) is 0 Å². The zero-order chi connectivity index (χ0) is 32.8. The summed E-state index contributed by atoms with van der Waals surface area (Å²) in [5.74, 6) is -7.30. The summed E-state index contributed by atoms with van der Waals surface area (Å²) in [6.45, 7) is 3.72. The van der Waals surface area contributed by atoms with Gasteiger partial charge in [-0.2, -0.15) is 8.78 Å². The van der Waals surface area contributed by atoms with Gasteiger partial charge in [0.25, 0.3) is 0 Å². The van der Waals surface area contributed by atoms with E-state index in [0.717, 1.165) is 63.0 Å². The molecule has 10 heteroatoms. The van der Waals surface area contributed by atoms with E-state index in [0.29, 0.717) is 29.4 Å². The van der Waals surface area contributed by atoms with E-state index in [4.69, 9.17) is 9.47 Å². The minimum Gasteiger partial charge on any atom is -0.429 e. The van der Waals surface area contributed by atoms with Crippen molar-refractivity contribution in [1.82, 2.24) is 0 Å². The van der Waals surface area contributed by atoms with Crippen molar-refractivity contribution in [2.45, 2.75) is 76.6 Å². The lowest BCUT2D eigenvalue weighted by Crippen LogP contribution is -2.38. The Hall–Kier alpha value is -3.37. The smallest absolute Gasteiger partial charge is 0.419 e. The molecule has 0 unspecified atom stereocenters. The first-order valence-electron chi connectivity index (χ1n) is 15.8. The molecule has 248 valence electrons. The molecule has 0 aromatic heterocycles. The Morgan fingerprint density at radius 2 is 1.39 bits per heavy atom. The molecule has 46 heavy (non-hydrogen) atoms. The molecule has 1 heterocycles. The summed E-state index contributed by atoms with van der Waals surface area (Å²) in [5, 5.41) is 0. The van der Waals surface area contributed by atoms with Gasteiger partial charge in [0.2, 0.25) is 0 Å². The van der Waals surface area contributed by atoms with E-state index in [9.17, 15) is 30.7 Å². The van der Waals surface area contributed by atoms with Gasteiger partial charge >= 0.3 is 6.11 Å². The molecule has 3 aromatic rings. The van der Waals surface area contributed by atoms with Crippen LogP contribution in [0.15, 0.2) is 54.6 Å². The van der Waals surface area contributed by atoms with Crippen molar-refractivity contribution >= 4 is 6.08 Å². The minimum absolute atomic E-state index is 0.0364. The van der Waals surface area contributed by atoms with Crippen molar-refractivity contribution in [3.05, 3.63) is 94.8 Å². The van der Waals surface area contributed by atoms with Crippen LogP contribution in [0.3, 0.4) is 0 Å². The van der Waals surface area contributed by atoms with Gasteiger partial charge < -0.3 is 14.2 Å². The summed E-state index contributed by atoms with van der Waals surface area (Å²) >= 11 is 0. The summed E-state index contributed by atoms with van der Waals surface area (Å²) in [6, 6.07) is 9.97. The molecule has 3 nitrogen and oxygen atoms in total. The quantitative estimate of drug-likeness (QED) is 0.117. The summed E-state index contributed by atoms with van der Waals surface area (Å²) in [4.78, 5) is 0. The Morgan fingerprint density at radius 1 is 0.783 bits per heavy atom. The summed E-state index contributed by atoms with van der Waals surface area (Å²) in [5.41, 5.74) is 1.15. The number of hydrogen-bond acceptors (Lipinski definition) is 3. The summed E-state index contributed by atoms with van der Waals surface area (Å²) in [7, 11) is 0. The number of rotatable bonds is 11. The maximum atomic E-state index is 14.9. The number of alkyl halides is 2. The van der Waals surface area contributed by atoms with Crippen LogP contribution in [-0.2, 0) is 9.47 Å². The van der Waals surface area contributed by atoms with Crippen molar-refractivity contribution in [2.75, 3.05) is 13.2 Å². The van der Waals surface area contributed by atoms with Crippen LogP contribution in [-0.4, -0.2) is 25.6 Å². The highest BCUT2D eigenvalue weighted by atomic mass is 19.3. The third kappa shape index (κ3) is 8.50. The third-order valence-corrected chi connectivity index (χ3v) is 8.81. The molecule has 0 atom stereocenters. The number of ether oxygens (including phenoxy) is 3. The lowest BCUT2D eigenvalue weighted by atomic mass is 9.78. The Labute approximate surface area is 264 Å². The Kier molecular flexibility index (Phi) is 11.1. The number of hydrogen-bond donors (Lipinski definition) is 0.